The molecule has 0 radical (unpaired) electrons. The van der Waals surface area contributed by atoms with Crippen molar-refractivity contribution in [2.75, 3.05) is 38.3 Å². The smallest absolute Gasteiger partial charge is 0.368 e. The second-order valence-corrected chi connectivity index (χ2v) is 7.15. The highest BCUT2D eigenvalue weighted by molar-refractivity contribution is 14.0. The number of rotatable bonds is 7. The zero-order chi connectivity index (χ0) is 18.2. The van der Waals surface area contributed by atoms with Crippen molar-refractivity contribution >= 4 is 47.5 Å². The average Bonchev–Trinajstić information content (AvgIpc) is 2.53. The van der Waals surface area contributed by atoms with E-state index in [2.05, 4.69) is 39.8 Å². The molecule has 0 atom stereocenters. The average molecular weight is 491 g/mol. The van der Waals surface area contributed by atoms with Gasteiger partial charge < -0.3 is 16.0 Å². The molecule has 0 aliphatic heterocycles. The monoisotopic (exact) mass is 491 g/mol. The third-order valence-electron chi connectivity index (χ3n) is 3.28. The summed E-state index contributed by atoms with van der Waals surface area (Å²) in [7, 11) is 1.65. The lowest BCUT2D eigenvalue weighted by Crippen LogP contribution is -2.44. The summed E-state index contributed by atoms with van der Waals surface area (Å²) in [6, 6.07) is 2.28. The lowest BCUT2D eigenvalue weighted by Gasteiger charge is -2.23. The molecule has 0 unspecified atom stereocenters. The Morgan fingerprint density at radius 3 is 2.48 bits per heavy atom. The zero-order valence-electron chi connectivity index (χ0n) is 14.7. The second-order valence-electron chi connectivity index (χ2n) is 5.64. The Kier molecular flexibility index (Phi) is 10.5. The van der Waals surface area contributed by atoms with Crippen LogP contribution in [0.1, 0.15) is 19.4 Å². The van der Waals surface area contributed by atoms with E-state index in [1.165, 1.54) is 12.3 Å². The summed E-state index contributed by atoms with van der Waals surface area (Å²) in [5.41, 5.74) is -0.769. The van der Waals surface area contributed by atoms with Crippen LogP contribution in [-0.2, 0) is 6.18 Å². The summed E-state index contributed by atoms with van der Waals surface area (Å²) in [6.07, 6.45) is -1.06. The Morgan fingerprint density at radius 2 is 1.92 bits per heavy atom. The van der Waals surface area contributed by atoms with E-state index in [4.69, 9.17) is 0 Å². The van der Waals surface area contributed by atoms with Gasteiger partial charge in [-0.05, 0) is 32.2 Å². The van der Waals surface area contributed by atoms with Gasteiger partial charge in [0.1, 0.15) is 5.82 Å². The molecule has 0 saturated carbocycles. The Hall–Kier alpha value is -0.910. The molecule has 0 aliphatic carbocycles. The Morgan fingerprint density at radius 1 is 1.24 bits per heavy atom. The Labute approximate surface area is 168 Å². The number of aliphatic imine (C=N–C) groups is 1. The SMILES string of the molecule is CN=C(NCCNc1ncccc1C(F)(F)F)NCC(C)(C)SC.I. The van der Waals surface area contributed by atoms with Crippen molar-refractivity contribution in [1.82, 2.24) is 15.6 Å². The van der Waals surface area contributed by atoms with Crippen molar-refractivity contribution in [3.8, 4) is 0 Å². The molecule has 0 spiro atoms. The van der Waals surface area contributed by atoms with Gasteiger partial charge in [-0.2, -0.15) is 24.9 Å². The number of hydrogen-bond donors (Lipinski definition) is 3. The fourth-order valence-electron chi connectivity index (χ4n) is 1.73. The molecular formula is C15H25F3IN5S. The standard InChI is InChI=1S/C15H24F3N5S.HI/c1-14(2,24-4)10-23-13(19-3)22-9-8-21-12-11(15(16,17)18)6-5-7-20-12;/h5-7H,8-10H2,1-4H3,(H,20,21)(H2,19,22,23);1H. The highest BCUT2D eigenvalue weighted by Crippen LogP contribution is 2.33. The molecule has 10 heteroatoms. The highest BCUT2D eigenvalue weighted by Gasteiger charge is 2.33. The van der Waals surface area contributed by atoms with E-state index in [1.807, 2.05) is 6.26 Å². The molecule has 1 rings (SSSR count). The first kappa shape index (κ1) is 24.1. The van der Waals surface area contributed by atoms with Crippen LogP contribution in [0.15, 0.2) is 23.3 Å². The van der Waals surface area contributed by atoms with Gasteiger partial charge in [-0.3, -0.25) is 4.99 Å². The van der Waals surface area contributed by atoms with E-state index in [0.717, 1.165) is 12.6 Å². The summed E-state index contributed by atoms with van der Waals surface area (Å²) >= 11 is 1.74. The Bertz CT molecular complexity index is 552. The van der Waals surface area contributed by atoms with Gasteiger partial charge in [-0.25, -0.2) is 4.98 Å². The summed E-state index contributed by atoms with van der Waals surface area (Å²) < 4.78 is 38.6. The predicted molar refractivity (Wildman–Crippen MR) is 110 cm³/mol. The van der Waals surface area contributed by atoms with Crippen LogP contribution in [0.4, 0.5) is 19.0 Å². The molecule has 0 aromatic carbocycles. The third-order valence-corrected chi connectivity index (χ3v) is 4.53. The number of halogens is 4. The van der Waals surface area contributed by atoms with Crippen molar-refractivity contribution in [2.24, 2.45) is 4.99 Å². The van der Waals surface area contributed by atoms with E-state index in [9.17, 15) is 13.2 Å². The van der Waals surface area contributed by atoms with Gasteiger partial charge in [-0.1, -0.05) is 0 Å². The maximum Gasteiger partial charge on any atom is 0.419 e. The summed E-state index contributed by atoms with van der Waals surface area (Å²) in [4.78, 5) is 7.84. The molecule has 0 amide bonds. The van der Waals surface area contributed by atoms with Gasteiger partial charge >= 0.3 is 6.18 Å². The fraction of sp³-hybridized carbons (Fsp3) is 0.600. The largest absolute Gasteiger partial charge is 0.419 e. The number of nitrogens with one attached hydrogen (secondary N) is 3. The van der Waals surface area contributed by atoms with Crippen molar-refractivity contribution in [1.29, 1.82) is 0 Å². The number of hydrogen-bond acceptors (Lipinski definition) is 4. The number of guanidine groups is 1. The maximum atomic E-state index is 12.9. The molecule has 25 heavy (non-hydrogen) atoms. The topological polar surface area (TPSA) is 61.3 Å². The number of alkyl halides is 3. The van der Waals surface area contributed by atoms with E-state index < -0.39 is 11.7 Å². The van der Waals surface area contributed by atoms with Crippen molar-refractivity contribution in [3.05, 3.63) is 23.9 Å². The quantitative estimate of drug-likeness (QED) is 0.236. The third kappa shape index (κ3) is 8.84. The van der Waals surface area contributed by atoms with Crippen molar-refractivity contribution in [2.45, 2.75) is 24.8 Å². The molecule has 1 heterocycles. The van der Waals surface area contributed by atoms with Crippen molar-refractivity contribution < 1.29 is 13.2 Å². The normalized spacial score (nSPS) is 12.4. The maximum absolute atomic E-state index is 12.9. The van der Waals surface area contributed by atoms with Crippen LogP contribution in [0.2, 0.25) is 0 Å². The molecule has 0 saturated heterocycles. The first-order valence-corrected chi connectivity index (χ1v) is 8.68. The number of pyridine rings is 1. The van der Waals surface area contributed by atoms with Gasteiger partial charge in [-0.15, -0.1) is 24.0 Å². The number of aromatic nitrogens is 1. The first-order chi connectivity index (χ1) is 11.2. The molecule has 144 valence electrons. The van der Waals surface area contributed by atoms with Crippen LogP contribution in [0.5, 0.6) is 0 Å². The first-order valence-electron chi connectivity index (χ1n) is 7.45. The predicted octanol–water partition coefficient (Wildman–Crippen LogP) is 3.44. The molecule has 0 bridgehead atoms. The number of anilines is 1. The summed E-state index contributed by atoms with van der Waals surface area (Å²) in [5.74, 6) is 0.439. The molecule has 5 nitrogen and oxygen atoms in total. The van der Waals surface area contributed by atoms with E-state index in [1.54, 1.807) is 18.8 Å². The molecule has 3 N–H and O–H groups in total. The van der Waals surface area contributed by atoms with Crippen LogP contribution in [0.25, 0.3) is 0 Å². The lowest BCUT2D eigenvalue weighted by atomic mass is 10.2. The van der Waals surface area contributed by atoms with Gasteiger partial charge in [0.2, 0.25) is 0 Å². The fourth-order valence-corrected chi connectivity index (χ4v) is 1.94. The molecule has 1 aromatic heterocycles. The number of thioether (sulfide) groups is 1. The van der Waals surface area contributed by atoms with Gasteiger partial charge in [0, 0.05) is 37.6 Å². The zero-order valence-corrected chi connectivity index (χ0v) is 17.8. The highest BCUT2D eigenvalue weighted by atomic mass is 127. The van der Waals surface area contributed by atoms with Crippen LogP contribution < -0.4 is 16.0 Å². The minimum atomic E-state index is -4.43. The summed E-state index contributed by atoms with van der Waals surface area (Å²) in [6.45, 7) is 5.64. The van der Waals surface area contributed by atoms with E-state index in [0.29, 0.717) is 12.5 Å². The van der Waals surface area contributed by atoms with E-state index in [-0.39, 0.29) is 41.1 Å². The van der Waals surface area contributed by atoms with E-state index >= 15 is 0 Å². The second kappa shape index (κ2) is 10.9. The van der Waals surface area contributed by atoms with Gasteiger partial charge in [0.05, 0.1) is 5.56 Å². The van der Waals surface area contributed by atoms with Crippen LogP contribution in [-0.4, -0.2) is 48.6 Å². The van der Waals surface area contributed by atoms with Gasteiger partial charge in [0.15, 0.2) is 5.96 Å². The molecular weight excluding hydrogens is 466 g/mol. The minimum absolute atomic E-state index is 0. The van der Waals surface area contributed by atoms with Crippen molar-refractivity contribution in [3.63, 3.8) is 0 Å². The molecule has 1 aromatic rings. The molecule has 0 aliphatic rings. The van der Waals surface area contributed by atoms with Gasteiger partial charge in [0.25, 0.3) is 0 Å². The number of nitrogens with zero attached hydrogens (tertiary/aromatic N) is 2. The minimum Gasteiger partial charge on any atom is -0.368 e. The molecule has 0 fully saturated rings. The lowest BCUT2D eigenvalue weighted by molar-refractivity contribution is -0.137. The summed E-state index contributed by atoms with van der Waals surface area (Å²) in [5, 5.41) is 8.94. The Balaban J connectivity index is 0.00000576. The van der Waals surface area contributed by atoms with Crippen LogP contribution in [0, 0.1) is 0 Å². The van der Waals surface area contributed by atoms with Crippen LogP contribution in [0.3, 0.4) is 0 Å². The van der Waals surface area contributed by atoms with Crippen LogP contribution >= 0.6 is 35.7 Å².